The molecule has 0 unspecified atom stereocenters. The summed E-state index contributed by atoms with van der Waals surface area (Å²) in [6.07, 6.45) is -0.711. The van der Waals surface area contributed by atoms with Gasteiger partial charge in [0.15, 0.2) is 0 Å². The molecule has 0 aromatic carbocycles. The second-order valence-corrected chi connectivity index (χ2v) is 6.84. The third-order valence-electron chi connectivity index (χ3n) is 3.94. The van der Waals surface area contributed by atoms with Crippen LogP contribution >= 0.6 is 0 Å². The van der Waals surface area contributed by atoms with Gasteiger partial charge in [-0.2, -0.15) is 0 Å². The van der Waals surface area contributed by atoms with Gasteiger partial charge in [0.25, 0.3) is 0 Å². The Kier molecular flexibility index (Phi) is 15.0. The van der Waals surface area contributed by atoms with Crippen LogP contribution in [0.3, 0.4) is 0 Å². The zero-order chi connectivity index (χ0) is 24.5. The number of nitrogens with one attached hydrogen (secondary N) is 3. The monoisotopic (exact) mass is 461 g/mol. The smallest absolute Gasteiger partial charge is 0.326 e. The Balaban J connectivity index is 4.24. The van der Waals surface area contributed by atoms with Crippen LogP contribution in [0.2, 0.25) is 0 Å². The Hall–Kier alpha value is -3.06. The van der Waals surface area contributed by atoms with E-state index in [0.29, 0.717) is 6.54 Å². The van der Waals surface area contributed by atoms with Gasteiger partial charge in [0, 0.05) is 26.3 Å². The molecule has 13 heteroatoms. The van der Waals surface area contributed by atoms with Gasteiger partial charge < -0.3 is 40.4 Å². The summed E-state index contributed by atoms with van der Waals surface area (Å²) < 4.78 is 10.2. The van der Waals surface area contributed by atoms with E-state index in [2.05, 4.69) is 16.0 Å². The molecule has 0 rings (SSSR count). The fraction of sp³-hybridized carbons (Fsp3) is 0.684. The summed E-state index contributed by atoms with van der Waals surface area (Å²) >= 11 is 0. The van der Waals surface area contributed by atoms with Crippen molar-refractivity contribution in [2.75, 3.05) is 33.0 Å². The molecule has 3 amide bonds. The van der Waals surface area contributed by atoms with Crippen LogP contribution in [0, 0.1) is 0 Å². The minimum atomic E-state index is -1.37. The molecule has 0 saturated carbocycles. The third-order valence-corrected chi connectivity index (χ3v) is 3.94. The molecule has 0 bridgehead atoms. The van der Waals surface area contributed by atoms with Crippen molar-refractivity contribution in [1.29, 1.82) is 0 Å². The first-order valence-electron chi connectivity index (χ1n) is 9.96. The number of Topliss-reactive ketones (excluding diaryl/α,β-unsaturated/α-hetero) is 1. The van der Waals surface area contributed by atoms with Crippen LogP contribution < -0.4 is 16.0 Å². The predicted octanol–water partition coefficient (Wildman–Crippen LogP) is -1.56. The van der Waals surface area contributed by atoms with Gasteiger partial charge in [-0.1, -0.05) is 0 Å². The molecule has 0 heterocycles. The molecule has 32 heavy (non-hydrogen) atoms. The van der Waals surface area contributed by atoms with Crippen molar-refractivity contribution in [2.45, 2.75) is 51.6 Å². The number of carboxylic acid groups (broad SMARTS) is 2. The number of hydrogen-bond acceptors (Lipinski definition) is 8. The van der Waals surface area contributed by atoms with E-state index < -0.39 is 42.4 Å². The second-order valence-electron chi connectivity index (χ2n) is 6.84. The van der Waals surface area contributed by atoms with E-state index in [1.54, 1.807) is 0 Å². The maximum Gasteiger partial charge on any atom is 0.326 e. The number of hydrogen-bond donors (Lipinski definition) is 5. The molecular weight excluding hydrogens is 430 g/mol. The van der Waals surface area contributed by atoms with Crippen LogP contribution in [0.4, 0.5) is 0 Å². The van der Waals surface area contributed by atoms with Gasteiger partial charge in [-0.3, -0.25) is 14.4 Å². The molecule has 182 valence electrons. The lowest BCUT2D eigenvalue weighted by Gasteiger charge is -2.16. The molecule has 0 aromatic rings. The van der Waals surface area contributed by atoms with Crippen LogP contribution in [0.1, 0.15) is 39.5 Å². The van der Waals surface area contributed by atoms with Gasteiger partial charge in [-0.15, -0.1) is 0 Å². The van der Waals surface area contributed by atoms with Gasteiger partial charge in [-0.05, 0) is 19.8 Å². The minimum absolute atomic E-state index is 0.0224. The molecule has 0 spiro atoms. The topological polar surface area (TPSA) is 197 Å². The number of carboxylic acids is 2. The third kappa shape index (κ3) is 15.7. The number of carbonyl (C=O) groups excluding carboxylic acids is 4. The molecule has 13 nitrogen and oxygen atoms in total. The number of ketones is 1. The maximum absolute atomic E-state index is 11.9. The molecule has 0 aliphatic rings. The Labute approximate surface area is 185 Å². The Morgan fingerprint density at radius 2 is 1.28 bits per heavy atom. The number of carbonyl (C=O) groups is 6. The summed E-state index contributed by atoms with van der Waals surface area (Å²) in [6.45, 7) is 3.11. The fourth-order valence-corrected chi connectivity index (χ4v) is 2.32. The molecule has 0 radical (unpaired) electrons. The van der Waals surface area contributed by atoms with Crippen molar-refractivity contribution in [3.63, 3.8) is 0 Å². The first-order chi connectivity index (χ1) is 15.0. The first kappa shape index (κ1) is 28.9. The van der Waals surface area contributed by atoms with Crippen molar-refractivity contribution < 1.29 is 48.5 Å². The van der Waals surface area contributed by atoms with Gasteiger partial charge >= 0.3 is 11.9 Å². The van der Waals surface area contributed by atoms with Crippen molar-refractivity contribution in [1.82, 2.24) is 16.0 Å². The Bertz CT molecular complexity index is 668. The SMILES string of the molecule is CC(=O)CC[C@H](NC(=O)CC[C@H](NC(=O)COCCOCCNC(C)=O)C(=O)O)C(=O)O. The van der Waals surface area contributed by atoms with Crippen LogP contribution in [-0.2, 0) is 38.2 Å². The van der Waals surface area contributed by atoms with E-state index in [-0.39, 0.29) is 57.2 Å². The zero-order valence-corrected chi connectivity index (χ0v) is 18.2. The normalized spacial score (nSPS) is 12.3. The average Bonchev–Trinajstić information content (AvgIpc) is 2.69. The largest absolute Gasteiger partial charge is 0.480 e. The lowest BCUT2D eigenvalue weighted by Crippen LogP contribution is -2.45. The van der Waals surface area contributed by atoms with E-state index in [0.717, 1.165) is 0 Å². The van der Waals surface area contributed by atoms with Crippen molar-refractivity contribution >= 4 is 35.4 Å². The van der Waals surface area contributed by atoms with E-state index >= 15 is 0 Å². The highest BCUT2D eigenvalue weighted by Crippen LogP contribution is 2.03. The highest BCUT2D eigenvalue weighted by molar-refractivity contribution is 5.86. The van der Waals surface area contributed by atoms with Gasteiger partial charge in [-0.25, -0.2) is 9.59 Å². The molecule has 0 aliphatic heterocycles. The van der Waals surface area contributed by atoms with Gasteiger partial charge in [0.05, 0.1) is 19.8 Å². The van der Waals surface area contributed by atoms with Crippen molar-refractivity contribution in [3.05, 3.63) is 0 Å². The molecule has 5 N–H and O–H groups in total. The van der Waals surface area contributed by atoms with Crippen LogP contribution in [0.5, 0.6) is 0 Å². The maximum atomic E-state index is 11.9. The minimum Gasteiger partial charge on any atom is -0.480 e. The Morgan fingerprint density at radius 1 is 0.750 bits per heavy atom. The number of ether oxygens (including phenoxy) is 2. The number of rotatable bonds is 18. The lowest BCUT2D eigenvalue weighted by atomic mass is 10.1. The highest BCUT2D eigenvalue weighted by atomic mass is 16.5. The lowest BCUT2D eigenvalue weighted by molar-refractivity contribution is -0.144. The molecule has 2 atom stereocenters. The van der Waals surface area contributed by atoms with Crippen LogP contribution in [0.25, 0.3) is 0 Å². The van der Waals surface area contributed by atoms with Crippen LogP contribution in [-0.4, -0.2) is 90.7 Å². The Morgan fingerprint density at radius 3 is 1.81 bits per heavy atom. The molecule has 0 aliphatic carbocycles. The summed E-state index contributed by atoms with van der Waals surface area (Å²) in [5, 5.41) is 25.3. The average molecular weight is 461 g/mol. The first-order valence-corrected chi connectivity index (χ1v) is 9.96. The number of amides is 3. The summed E-state index contributed by atoms with van der Waals surface area (Å²) in [6, 6.07) is -2.63. The molecule has 0 fully saturated rings. The zero-order valence-electron chi connectivity index (χ0n) is 18.2. The molecule has 0 saturated heterocycles. The summed E-state index contributed by atoms with van der Waals surface area (Å²) in [5.41, 5.74) is 0. The van der Waals surface area contributed by atoms with Crippen molar-refractivity contribution in [3.8, 4) is 0 Å². The van der Waals surface area contributed by atoms with Crippen molar-refractivity contribution in [2.24, 2.45) is 0 Å². The second kappa shape index (κ2) is 16.6. The van der Waals surface area contributed by atoms with E-state index in [1.165, 1.54) is 13.8 Å². The van der Waals surface area contributed by atoms with E-state index in [4.69, 9.17) is 14.6 Å². The standard InChI is InChI=1S/C19H31N3O10/c1-12(23)3-4-14(18(27)28)21-16(25)6-5-15(19(29)30)22-17(26)11-32-10-9-31-8-7-20-13(2)24/h14-15H,3-11H2,1-2H3,(H,20,24)(H,21,25)(H,22,26)(H,27,28)(H,29,30)/t14-,15-/m0/s1. The number of aliphatic carboxylic acids is 2. The quantitative estimate of drug-likeness (QED) is 0.149. The molecular formula is C19H31N3O10. The van der Waals surface area contributed by atoms with E-state index in [9.17, 15) is 33.9 Å². The van der Waals surface area contributed by atoms with Crippen LogP contribution in [0.15, 0.2) is 0 Å². The highest BCUT2D eigenvalue weighted by Gasteiger charge is 2.24. The fourth-order valence-electron chi connectivity index (χ4n) is 2.32. The van der Waals surface area contributed by atoms with Gasteiger partial charge in [0.2, 0.25) is 17.7 Å². The molecule has 0 aromatic heterocycles. The summed E-state index contributed by atoms with van der Waals surface area (Å²) in [5.74, 6) is -4.49. The summed E-state index contributed by atoms with van der Waals surface area (Å²) in [7, 11) is 0. The summed E-state index contributed by atoms with van der Waals surface area (Å²) in [4.78, 5) is 67.9. The predicted molar refractivity (Wildman–Crippen MR) is 109 cm³/mol. The van der Waals surface area contributed by atoms with Gasteiger partial charge in [0.1, 0.15) is 24.5 Å². The van der Waals surface area contributed by atoms with E-state index in [1.807, 2.05) is 0 Å².